The van der Waals surface area contributed by atoms with E-state index in [4.69, 9.17) is 9.47 Å². The molecule has 244 valence electrons. The van der Waals surface area contributed by atoms with E-state index in [1.54, 1.807) is 60.4 Å². The summed E-state index contributed by atoms with van der Waals surface area (Å²) in [5.41, 5.74) is 4.45. The van der Waals surface area contributed by atoms with Crippen LogP contribution in [0, 0.1) is 5.92 Å². The Morgan fingerprint density at radius 3 is 2.65 bits per heavy atom. The van der Waals surface area contributed by atoms with E-state index in [-0.39, 0.29) is 35.2 Å². The zero-order chi connectivity index (χ0) is 33.2. The number of anilines is 1. The molecule has 2 fully saturated rings. The maximum atomic E-state index is 13.8. The molecule has 0 aromatic carbocycles. The fraction of sp³-hybridized carbons (Fsp3) is 0.424. The number of ether oxygens (including phenoxy) is 2. The molecule has 0 bridgehead atoms. The predicted molar refractivity (Wildman–Crippen MR) is 173 cm³/mol. The fourth-order valence-corrected chi connectivity index (χ4v) is 5.95. The first-order chi connectivity index (χ1) is 22.2. The van der Waals surface area contributed by atoms with Crippen LogP contribution in [0.4, 0.5) is 9.93 Å². The third-order valence-corrected chi connectivity index (χ3v) is 8.42. The van der Waals surface area contributed by atoms with Crippen molar-refractivity contribution in [3.63, 3.8) is 0 Å². The van der Waals surface area contributed by atoms with E-state index < -0.39 is 35.8 Å². The van der Waals surface area contributed by atoms with Gasteiger partial charge in [0.15, 0.2) is 10.9 Å². The van der Waals surface area contributed by atoms with Gasteiger partial charge in [-0.2, -0.15) is 0 Å². The molecule has 13 heteroatoms. The molecule has 12 nitrogen and oxygen atoms in total. The first-order valence-corrected chi connectivity index (χ1v) is 16.2. The van der Waals surface area contributed by atoms with Gasteiger partial charge in [-0.15, -0.1) is 17.1 Å². The van der Waals surface area contributed by atoms with Crippen molar-refractivity contribution in [1.82, 2.24) is 20.1 Å². The van der Waals surface area contributed by atoms with Crippen LogP contribution in [0.2, 0.25) is 0 Å². The number of hydrogen-bond donors (Lipinski definition) is 2. The standard InChI is InChI=1S/C31H33N5O7S.C2H6/c1-19(21-7-5-3-4-6-8-21)27(28(39)34-30-32-24(18-44-30)20(2)37)36-29(40)26(33-31(36)41)22-9-11-23(12-10-22)43-17-25(38)35-13-15-42-16-14-35;1-2/h3-5,7-11,18-19,23,26-27H,12-17H2,1-2H3,(H,33,41)(H,32,34,39);1-2H3/t19?,23?,26-,27+;/m1./s1. The lowest BCUT2D eigenvalue weighted by Crippen LogP contribution is -2.51. The number of hydrogen-bond acceptors (Lipinski definition) is 9. The molecule has 0 saturated carbocycles. The number of allylic oxidation sites excluding steroid dienone is 4. The van der Waals surface area contributed by atoms with Crippen molar-refractivity contribution in [2.45, 2.75) is 52.3 Å². The Balaban J connectivity index is 0.00000235. The van der Waals surface area contributed by atoms with Crippen molar-refractivity contribution < 1.29 is 33.4 Å². The van der Waals surface area contributed by atoms with Crippen LogP contribution in [0.3, 0.4) is 0 Å². The molecule has 1 aromatic rings. The first-order valence-electron chi connectivity index (χ1n) is 15.3. The minimum Gasteiger partial charge on any atom is -0.378 e. The van der Waals surface area contributed by atoms with Gasteiger partial charge in [0.05, 0.1) is 19.3 Å². The number of imide groups is 1. The van der Waals surface area contributed by atoms with Crippen molar-refractivity contribution in [2.75, 3.05) is 38.2 Å². The van der Waals surface area contributed by atoms with E-state index in [9.17, 15) is 24.0 Å². The van der Waals surface area contributed by atoms with Gasteiger partial charge < -0.3 is 25.0 Å². The molecule has 46 heavy (non-hydrogen) atoms. The van der Waals surface area contributed by atoms with Crippen LogP contribution in [-0.2, 0) is 23.9 Å². The van der Waals surface area contributed by atoms with E-state index in [0.717, 1.165) is 16.2 Å². The summed E-state index contributed by atoms with van der Waals surface area (Å²) in [6, 6.07) is -2.94. The summed E-state index contributed by atoms with van der Waals surface area (Å²) in [6.45, 7) is 9.15. The van der Waals surface area contributed by atoms with Crippen molar-refractivity contribution in [1.29, 1.82) is 0 Å². The summed E-state index contributed by atoms with van der Waals surface area (Å²) < 4.78 is 11.1. The van der Waals surface area contributed by atoms with E-state index in [1.807, 2.05) is 13.8 Å². The number of carbonyl (C=O) groups excluding carboxylic acids is 5. The first kappa shape index (κ1) is 34.5. The molecule has 5 rings (SSSR count). The quantitative estimate of drug-likeness (QED) is 0.222. The normalized spacial score (nSPS) is 21.8. The molecule has 2 aliphatic heterocycles. The molecule has 4 aliphatic rings. The summed E-state index contributed by atoms with van der Waals surface area (Å²) >= 11 is 1.08. The molecule has 0 spiro atoms. The van der Waals surface area contributed by atoms with Crippen LogP contribution in [0.5, 0.6) is 0 Å². The van der Waals surface area contributed by atoms with E-state index >= 15 is 0 Å². The summed E-state index contributed by atoms with van der Waals surface area (Å²) in [4.78, 5) is 71.8. The number of aromatic nitrogens is 1. The lowest BCUT2D eigenvalue weighted by molar-refractivity contribution is -0.141. The van der Waals surface area contributed by atoms with Crippen molar-refractivity contribution in [3.8, 4) is 0 Å². The summed E-state index contributed by atoms with van der Waals surface area (Å²) in [6.07, 6.45) is 14.1. The van der Waals surface area contributed by atoms with E-state index in [2.05, 4.69) is 21.3 Å². The highest BCUT2D eigenvalue weighted by atomic mass is 32.1. The minimum absolute atomic E-state index is 0.0680. The highest BCUT2D eigenvalue weighted by Gasteiger charge is 2.48. The van der Waals surface area contributed by atoms with Gasteiger partial charge in [-0.1, -0.05) is 57.2 Å². The average Bonchev–Trinajstić information content (AvgIpc) is 3.53. The van der Waals surface area contributed by atoms with Gasteiger partial charge in [0.2, 0.25) is 11.8 Å². The zero-order valence-electron chi connectivity index (χ0n) is 26.4. The molecule has 4 atom stereocenters. The molecular weight excluding hydrogens is 610 g/mol. The predicted octanol–water partition coefficient (Wildman–Crippen LogP) is 3.57. The van der Waals surface area contributed by atoms with Gasteiger partial charge in [-0.25, -0.2) is 14.7 Å². The number of carbonyl (C=O) groups is 5. The average molecular weight is 650 g/mol. The van der Waals surface area contributed by atoms with E-state index in [0.29, 0.717) is 43.9 Å². The number of morpholine rings is 1. The zero-order valence-corrected chi connectivity index (χ0v) is 27.2. The number of urea groups is 1. The third-order valence-electron chi connectivity index (χ3n) is 7.66. The minimum atomic E-state index is -1.23. The molecule has 3 heterocycles. The number of ketones is 1. The van der Waals surface area contributed by atoms with Gasteiger partial charge in [-0.3, -0.25) is 19.2 Å². The topological polar surface area (TPSA) is 147 Å². The van der Waals surface area contributed by atoms with Crippen LogP contribution in [-0.4, -0.2) is 95.4 Å². The van der Waals surface area contributed by atoms with Crippen molar-refractivity contribution in [2.24, 2.45) is 5.92 Å². The van der Waals surface area contributed by atoms with E-state index in [1.165, 1.54) is 12.3 Å². The van der Waals surface area contributed by atoms with Gasteiger partial charge >= 0.3 is 6.03 Å². The summed E-state index contributed by atoms with van der Waals surface area (Å²) in [5, 5.41) is 7.13. The summed E-state index contributed by atoms with van der Waals surface area (Å²) in [7, 11) is 0. The van der Waals surface area contributed by atoms with Crippen LogP contribution in [0.15, 0.2) is 70.9 Å². The van der Waals surface area contributed by atoms with Crippen LogP contribution in [0.25, 0.3) is 0 Å². The number of rotatable bonds is 10. The van der Waals surface area contributed by atoms with Gasteiger partial charge in [0.25, 0.3) is 5.91 Å². The molecule has 5 amide bonds. The van der Waals surface area contributed by atoms with Gasteiger partial charge in [0, 0.05) is 31.3 Å². The molecule has 0 radical (unpaired) electrons. The highest BCUT2D eigenvalue weighted by Crippen LogP contribution is 2.29. The smallest absolute Gasteiger partial charge is 0.325 e. The third kappa shape index (κ3) is 8.24. The molecule has 2 N–H and O–H groups in total. The van der Waals surface area contributed by atoms with Crippen molar-refractivity contribution in [3.05, 3.63) is 76.6 Å². The SMILES string of the molecule is CC.CC(=O)c1csc(NC(=O)[C@H](C(C)C2=CC=CC=C=C2)N2C(=O)N[C@H](C3=CCC(OCC(=O)N4CCOCC4)C=C3)C2=O)n1. The second-order valence-corrected chi connectivity index (χ2v) is 11.4. The van der Waals surface area contributed by atoms with Crippen LogP contribution < -0.4 is 10.6 Å². The Kier molecular flexibility index (Phi) is 12.2. The van der Waals surface area contributed by atoms with Crippen molar-refractivity contribution >= 4 is 46.0 Å². The number of amides is 5. The lowest BCUT2D eigenvalue weighted by Gasteiger charge is -2.30. The Morgan fingerprint density at radius 2 is 1.98 bits per heavy atom. The Hall–Kier alpha value is -4.42. The second-order valence-electron chi connectivity index (χ2n) is 10.6. The molecule has 1 aromatic heterocycles. The number of thiazole rings is 1. The number of Topliss-reactive ketones (excluding diaryl/α,β-unsaturated/α-hetero) is 1. The Morgan fingerprint density at radius 1 is 1.22 bits per heavy atom. The molecule has 2 unspecified atom stereocenters. The maximum absolute atomic E-state index is 13.8. The number of nitrogens with zero attached hydrogens (tertiary/aromatic N) is 3. The summed E-state index contributed by atoms with van der Waals surface area (Å²) in [5.74, 6) is -2.17. The second kappa shape index (κ2) is 16.2. The lowest BCUT2D eigenvalue weighted by atomic mass is 9.90. The molecular formula is C33H39N5O7S. The molecule has 2 saturated heterocycles. The van der Waals surface area contributed by atoms with Crippen LogP contribution >= 0.6 is 11.3 Å². The largest absolute Gasteiger partial charge is 0.378 e. The maximum Gasteiger partial charge on any atom is 0.325 e. The monoisotopic (exact) mass is 649 g/mol. The van der Waals surface area contributed by atoms with Gasteiger partial charge in [0.1, 0.15) is 24.4 Å². The number of nitrogens with one attached hydrogen (secondary N) is 2. The molecule has 2 aliphatic carbocycles. The fourth-order valence-electron chi connectivity index (χ4n) is 5.20. The highest BCUT2D eigenvalue weighted by molar-refractivity contribution is 7.14. The van der Waals surface area contributed by atoms with Gasteiger partial charge in [-0.05, 0) is 29.7 Å². The van der Waals surface area contributed by atoms with Crippen LogP contribution in [0.1, 0.15) is 44.6 Å². The Bertz CT molecular complexity index is 1530. The Labute approximate surface area is 272 Å².